The molecule has 1 saturated heterocycles. The molecule has 2 atom stereocenters. The standard InChI is InChI=1S/C12H24N2OS/c1-5-12(13,6-2)11(15)14-7-9(3)16-10(4)8-14/h9-10H,5-8,13H2,1-4H3. The summed E-state index contributed by atoms with van der Waals surface area (Å²) in [6.07, 6.45) is 1.43. The summed E-state index contributed by atoms with van der Waals surface area (Å²) < 4.78 is 0. The minimum atomic E-state index is -0.651. The molecular weight excluding hydrogens is 220 g/mol. The number of amides is 1. The molecule has 16 heavy (non-hydrogen) atoms. The maximum absolute atomic E-state index is 12.4. The highest BCUT2D eigenvalue weighted by molar-refractivity contribution is 8.00. The van der Waals surface area contributed by atoms with E-state index in [2.05, 4.69) is 13.8 Å². The van der Waals surface area contributed by atoms with Gasteiger partial charge in [-0.15, -0.1) is 0 Å². The summed E-state index contributed by atoms with van der Waals surface area (Å²) in [4.78, 5) is 14.3. The normalized spacial score (nSPS) is 26.9. The van der Waals surface area contributed by atoms with E-state index in [4.69, 9.17) is 5.73 Å². The van der Waals surface area contributed by atoms with Crippen molar-refractivity contribution in [1.82, 2.24) is 4.90 Å². The third-order valence-corrected chi connectivity index (χ3v) is 4.62. The number of hydrogen-bond acceptors (Lipinski definition) is 3. The van der Waals surface area contributed by atoms with Gasteiger partial charge in [0.05, 0.1) is 5.54 Å². The third kappa shape index (κ3) is 2.92. The zero-order valence-electron chi connectivity index (χ0n) is 10.8. The van der Waals surface area contributed by atoms with Crippen molar-refractivity contribution in [2.75, 3.05) is 13.1 Å². The summed E-state index contributed by atoms with van der Waals surface area (Å²) in [6.45, 7) is 10.0. The lowest BCUT2D eigenvalue weighted by atomic mass is 9.92. The quantitative estimate of drug-likeness (QED) is 0.824. The van der Waals surface area contributed by atoms with Crippen LogP contribution < -0.4 is 5.73 Å². The molecular formula is C12H24N2OS. The van der Waals surface area contributed by atoms with Crippen molar-refractivity contribution in [2.45, 2.75) is 56.6 Å². The summed E-state index contributed by atoms with van der Waals surface area (Å²) in [7, 11) is 0. The first-order valence-electron chi connectivity index (χ1n) is 6.16. The van der Waals surface area contributed by atoms with Crippen LogP contribution in [-0.4, -0.2) is 39.9 Å². The van der Waals surface area contributed by atoms with E-state index in [1.54, 1.807) is 0 Å². The van der Waals surface area contributed by atoms with Crippen LogP contribution in [0.3, 0.4) is 0 Å². The molecule has 2 unspecified atom stereocenters. The number of nitrogens with two attached hydrogens (primary N) is 1. The second kappa shape index (κ2) is 5.41. The summed E-state index contributed by atoms with van der Waals surface area (Å²) in [5.41, 5.74) is 5.51. The van der Waals surface area contributed by atoms with Gasteiger partial charge >= 0.3 is 0 Å². The summed E-state index contributed by atoms with van der Waals surface area (Å²) in [5.74, 6) is 0.136. The summed E-state index contributed by atoms with van der Waals surface area (Å²) in [5, 5.41) is 1.04. The molecule has 1 aliphatic heterocycles. The highest BCUT2D eigenvalue weighted by atomic mass is 32.2. The van der Waals surface area contributed by atoms with Gasteiger partial charge in [0.25, 0.3) is 0 Å². The first kappa shape index (κ1) is 13.8. The van der Waals surface area contributed by atoms with Gasteiger partial charge in [-0.2, -0.15) is 11.8 Å². The van der Waals surface area contributed by atoms with Gasteiger partial charge in [0.1, 0.15) is 0 Å². The van der Waals surface area contributed by atoms with Gasteiger partial charge in [-0.25, -0.2) is 0 Å². The second-order valence-corrected chi connectivity index (χ2v) is 6.71. The molecule has 1 heterocycles. The Balaban J connectivity index is 2.73. The number of carbonyl (C=O) groups excluding carboxylic acids is 1. The molecule has 0 radical (unpaired) electrons. The lowest BCUT2D eigenvalue weighted by Gasteiger charge is -2.39. The molecule has 2 N–H and O–H groups in total. The molecule has 0 aromatic rings. The van der Waals surface area contributed by atoms with Crippen LogP contribution in [0.1, 0.15) is 40.5 Å². The number of hydrogen-bond donors (Lipinski definition) is 1. The topological polar surface area (TPSA) is 46.3 Å². The van der Waals surface area contributed by atoms with E-state index < -0.39 is 5.54 Å². The SMILES string of the molecule is CCC(N)(CC)C(=O)N1CC(C)SC(C)C1. The van der Waals surface area contributed by atoms with Crippen LogP contribution >= 0.6 is 11.8 Å². The minimum absolute atomic E-state index is 0.136. The summed E-state index contributed by atoms with van der Waals surface area (Å²) in [6, 6.07) is 0. The van der Waals surface area contributed by atoms with Crippen LogP contribution in [0, 0.1) is 0 Å². The van der Waals surface area contributed by atoms with Crippen LogP contribution in [0.15, 0.2) is 0 Å². The van der Waals surface area contributed by atoms with Crippen molar-refractivity contribution >= 4 is 17.7 Å². The van der Waals surface area contributed by atoms with Crippen molar-refractivity contribution in [2.24, 2.45) is 5.73 Å². The van der Waals surface area contributed by atoms with Crippen LogP contribution in [-0.2, 0) is 4.79 Å². The maximum Gasteiger partial charge on any atom is 0.242 e. The molecule has 0 spiro atoms. The molecule has 0 saturated carbocycles. The van der Waals surface area contributed by atoms with Crippen LogP contribution in [0.25, 0.3) is 0 Å². The Kier molecular flexibility index (Phi) is 4.68. The second-order valence-electron chi connectivity index (χ2n) is 4.83. The molecule has 1 rings (SSSR count). The molecule has 0 aliphatic carbocycles. The van der Waals surface area contributed by atoms with Gasteiger partial charge in [0.2, 0.25) is 5.91 Å². The molecule has 0 aromatic carbocycles. The molecule has 1 fully saturated rings. The van der Waals surface area contributed by atoms with E-state index in [-0.39, 0.29) is 5.91 Å². The monoisotopic (exact) mass is 244 g/mol. The van der Waals surface area contributed by atoms with Crippen molar-refractivity contribution in [3.63, 3.8) is 0 Å². The maximum atomic E-state index is 12.4. The smallest absolute Gasteiger partial charge is 0.242 e. The van der Waals surface area contributed by atoms with Gasteiger partial charge in [0.15, 0.2) is 0 Å². The molecule has 0 aromatic heterocycles. The predicted molar refractivity (Wildman–Crippen MR) is 70.6 cm³/mol. The largest absolute Gasteiger partial charge is 0.339 e. The number of thioether (sulfide) groups is 1. The molecule has 1 aliphatic rings. The number of carbonyl (C=O) groups is 1. The fourth-order valence-electron chi connectivity index (χ4n) is 2.21. The van der Waals surface area contributed by atoms with Crippen molar-refractivity contribution in [3.8, 4) is 0 Å². The lowest BCUT2D eigenvalue weighted by molar-refractivity contribution is -0.137. The fourth-order valence-corrected chi connectivity index (χ4v) is 3.54. The first-order chi connectivity index (χ1) is 7.42. The van der Waals surface area contributed by atoms with E-state index in [1.165, 1.54) is 0 Å². The zero-order chi connectivity index (χ0) is 12.3. The Bertz CT molecular complexity index is 243. The number of rotatable bonds is 3. The predicted octanol–water partition coefficient (Wildman–Crippen LogP) is 1.86. The average molecular weight is 244 g/mol. The third-order valence-electron chi connectivity index (χ3n) is 3.39. The molecule has 94 valence electrons. The van der Waals surface area contributed by atoms with Crippen molar-refractivity contribution in [3.05, 3.63) is 0 Å². The Labute approximate surface area is 103 Å². The first-order valence-corrected chi connectivity index (χ1v) is 7.11. The lowest BCUT2D eigenvalue weighted by Crippen LogP contribution is -2.58. The average Bonchev–Trinajstić information content (AvgIpc) is 2.25. The minimum Gasteiger partial charge on any atom is -0.339 e. The Morgan fingerprint density at radius 1 is 1.31 bits per heavy atom. The fraction of sp³-hybridized carbons (Fsp3) is 0.917. The van der Waals surface area contributed by atoms with Crippen molar-refractivity contribution in [1.29, 1.82) is 0 Å². The Hall–Kier alpha value is -0.220. The van der Waals surface area contributed by atoms with E-state index in [0.717, 1.165) is 25.9 Å². The summed E-state index contributed by atoms with van der Waals surface area (Å²) >= 11 is 1.95. The van der Waals surface area contributed by atoms with Gasteiger partial charge in [-0.05, 0) is 12.8 Å². The number of nitrogens with zero attached hydrogens (tertiary/aromatic N) is 1. The van der Waals surface area contributed by atoms with Crippen LogP contribution in [0.5, 0.6) is 0 Å². The van der Waals surface area contributed by atoms with E-state index in [9.17, 15) is 4.79 Å². The van der Waals surface area contributed by atoms with Gasteiger partial charge in [-0.3, -0.25) is 4.79 Å². The zero-order valence-corrected chi connectivity index (χ0v) is 11.6. The molecule has 3 nitrogen and oxygen atoms in total. The van der Waals surface area contributed by atoms with Crippen LogP contribution in [0.4, 0.5) is 0 Å². The highest BCUT2D eigenvalue weighted by Gasteiger charge is 2.36. The molecule has 0 bridgehead atoms. The Morgan fingerprint density at radius 3 is 2.12 bits per heavy atom. The van der Waals surface area contributed by atoms with E-state index in [0.29, 0.717) is 10.5 Å². The van der Waals surface area contributed by atoms with Gasteiger partial charge in [0, 0.05) is 23.6 Å². The molecule has 4 heteroatoms. The highest BCUT2D eigenvalue weighted by Crippen LogP contribution is 2.27. The van der Waals surface area contributed by atoms with Gasteiger partial charge < -0.3 is 10.6 Å². The van der Waals surface area contributed by atoms with Crippen LogP contribution in [0.2, 0.25) is 0 Å². The van der Waals surface area contributed by atoms with Crippen molar-refractivity contribution < 1.29 is 4.79 Å². The Morgan fingerprint density at radius 2 is 1.75 bits per heavy atom. The molecule has 1 amide bonds. The van der Waals surface area contributed by atoms with E-state index in [1.807, 2.05) is 30.5 Å². The van der Waals surface area contributed by atoms with Gasteiger partial charge in [-0.1, -0.05) is 27.7 Å². The van der Waals surface area contributed by atoms with E-state index >= 15 is 0 Å².